The second-order valence-corrected chi connectivity index (χ2v) is 5.62. The Hall–Kier alpha value is -0.780. The normalized spacial score (nSPS) is 15.6. The van der Waals surface area contributed by atoms with Gasteiger partial charge in [-0.05, 0) is 37.1 Å². The molecule has 0 aromatic heterocycles. The van der Waals surface area contributed by atoms with Crippen LogP contribution in [0.15, 0.2) is 23.1 Å². The first kappa shape index (κ1) is 15.2. The van der Waals surface area contributed by atoms with Gasteiger partial charge in [-0.3, -0.25) is 0 Å². The monoisotopic (exact) mass is 262 g/mol. The van der Waals surface area contributed by atoms with Crippen molar-refractivity contribution in [3.05, 3.63) is 29.3 Å². The maximum absolute atomic E-state index is 12.3. The molecule has 0 N–H and O–H groups in total. The fourth-order valence-electron chi connectivity index (χ4n) is 0.954. The highest BCUT2D eigenvalue weighted by Crippen LogP contribution is 3.02. The molecule has 1 rings (SSSR count). The number of aryl methyl sites for hydroxylation is 2. The zero-order chi connectivity index (χ0) is 13.3. The predicted octanol–water partition coefficient (Wildman–Crippen LogP) is 5.99. The van der Waals surface area contributed by atoms with E-state index in [-0.39, 0.29) is 5.56 Å². The summed E-state index contributed by atoms with van der Waals surface area (Å²) in [4.78, 5) is -1.83. The van der Waals surface area contributed by atoms with Crippen LogP contribution in [0, 0.1) is 13.8 Å². The maximum atomic E-state index is 12.3. The molecule has 16 heavy (non-hydrogen) atoms. The summed E-state index contributed by atoms with van der Waals surface area (Å²) in [6.07, 6.45) is 0. The Morgan fingerprint density at radius 2 is 1.25 bits per heavy atom. The fourth-order valence-corrected chi connectivity index (χ4v) is 1.68. The first-order chi connectivity index (χ1) is 6.90. The average molecular weight is 262 g/mol. The highest BCUT2D eigenvalue weighted by Gasteiger charge is 2.65. The number of rotatable bonds is 1. The Morgan fingerprint density at radius 3 is 1.56 bits per heavy atom. The van der Waals surface area contributed by atoms with E-state index < -0.39 is 15.1 Å². The van der Waals surface area contributed by atoms with Gasteiger partial charge in [0.15, 0.2) is 0 Å². The van der Waals surface area contributed by atoms with Crippen LogP contribution < -0.4 is 0 Å². The molecule has 0 saturated carbocycles. The lowest BCUT2D eigenvalue weighted by Gasteiger charge is -2.40. The summed E-state index contributed by atoms with van der Waals surface area (Å²) in [5, 5.41) is 0. The predicted molar refractivity (Wildman–Crippen MR) is 58.7 cm³/mol. The van der Waals surface area contributed by atoms with E-state index >= 15 is 0 Å². The van der Waals surface area contributed by atoms with Crippen molar-refractivity contribution in [3.63, 3.8) is 0 Å². The van der Waals surface area contributed by atoms with Crippen molar-refractivity contribution in [2.75, 3.05) is 0 Å². The SMILES string of the molecule is CC.Cc1ccc(S(F)(F)(F)(F)F)cc1C. The van der Waals surface area contributed by atoms with E-state index in [2.05, 4.69) is 0 Å². The third-order valence-corrected chi connectivity index (χ3v) is 3.07. The maximum Gasteiger partial charge on any atom is 0.310 e. The zero-order valence-corrected chi connectivity index (χ0v) is 10.3. The van der Waals surface area contributed by atoms with Crippen molar-refractivity contribution in [3.8, 4) is 0 Å². The molecular weight excluding hydrogens is 247 g/mol. The van der Waals surface area contributed by atoms with Gasteiger partial charge >= 0.3 is 10.2 Å². The van der Waals surface area contributed by atoms with E-state index in [9.17, 15) is 19.4 Å². The molecule has 0 aliphatic heterocycles. The van der Waals surface area contributed by atoms with Crippen molar-refractivity contribution in [2.24, 2.45) is 0 Å². The summed E-state index contributed by atoms with van der Waals surface area (Å²) in [6.45, 7) is 6.92. The number of hydrogen-bond donors (Lipinski definition) is 0. The van der Waals surface area contributed by atoms with Crippen LogP contribution in [0.5, 0.6) is 0 Å². The summed E-state index contributed by atoms with van der Waals surface area (Å²) in [5.41, 5.74) is 0.756. The van der Waals surface area contributed by atoms with Crippen molar-refractivity contribution in [1.82, 2.24) is 0 Å². The molecule has 1 aromatic rings. The van der Waals surface area contributed by atoms with Crippen LogP contribution in [0.2, 0.25) is 0 Å². The van der Waals surface area contributed by atoms with Crippen molar-refractivity contribution < 1.29 is 19.4 Å². The summed E-state index contributed by atoms with van der Waals surface area (Å²) in [6, 6.07) is 1.95. The molecule has 0 saturated heterocycles. The Bertz CT molecular complexity index is 379. The summed E-state index contributed by atoms with van der Waals surface area (Å²) in [5.74, 6) is 0. The second-order valence-electron chi connectivity index (χ2n) is 3.22. The quantitative estimate of drug-likeness (QED) is 0.545. The smallest absolute Gasteiger partial charge is 0.0936 e. The van der Waals surface area contributed by atoms with Gasteiger partial charge in [0.2, 0.25) is 0 Å². The first-order valence-electron chi connectivity index (χ1n) is 4.71. The third kappa shape index (κ3) is 4.00. The van der Waals surface area contributed by atoms with E-state index in [0.29, 0.717) is 17.7 Å². The van der Waals surface area contributed by atoms with Crippen LogP contribution in [0.1, 0.15) is 25.0 Å². The third-order valence-electron chi connectivity index (χ3n) is 1.92. The molecule has 0 aliphatic rings. The zero-order valence-electron chi connectivity index (χ0n) is 9.53. The molecule has 0 heterocycles. The molecule has 96 valence electrons. The Morgan fingerprint density at radius 1 is 0.812 bits per heavy atom. The topological polar surface area (TPSA) is 0 Å². The van der Waals surface area contributed by atoms with Crippen molar-refractivity contribution in [2.45, 2.75) is 32.6 Å². The van der Waals surface area contributed by atoms with Crippen LogP contribution in [0.3, 0.4) is 0 Å². The molecule has 0 unspecified atom stereocenters. The highest BCUT2D eigenvalue weighted by molar-refractivity contribution is 8.45. The molecule has 1 aromatic carbocycles. The molecule has 0 atom stereocenters. The van der Waals surface area contributed by atoms with Crippen molar-refractivity contribution >= 4 is 10.2 Å². The van der Waals surface area contributed by atoms with Crippen LogP contribution in [0.25, 0.3) is 0 Å². The van der Waals surface area contributed by atoms with E-state index in [4.69, 9.17) is 0 Å². The molecule has 0 bridgehead atoms. The molecule has 0 radical (unpaired) electrons. The molecule has 0 spiro atoms. The van der Waals surface area contributed by atoms with Crippen LogP contribution in [0.4, 0.5) is 19.4 Å². The summed E-state index contributed by atoms with van der Waals surface area (Å²) >= 11 is 0. The van der Waals surface area contributed by atoms with Gasteiger partial charge < -0.3 is 0 Å². The highest BCUT2D eigenvalue weighted by atomic mass is 32.5. The lowest BCUT2D eigenvalue weighted by atomic mass is 10.1. The number of hydrogen-bond acceptors (Lipinski definition) is 0. The lowest BCUT2D eigenvalue weighted by Crippen LogP contribution is -2.06. The Kier molecular flexibility index (Phi) is 3.44. The van der Waals surface area contributed by atoms with Gasteiger partial charge in [-0.25, -0.2) is 0 Å². The van der Waals surface area contributed by atoms with Gasteiger partial charge in [-0.1, -0.05) is 39.3 Å². The van der Waals surface area contributed by atoms with E-state index in [0.717, 1.165) is 6.07 Å². The van der Waals surface area contributed by atoms with Gasteiger partial charge in [-0.15, -0.1) is 0 Å². The molecule has 0 nitrogen and oxygen atoms in total. The molecular formula is C10H15F5S. The number of halogens is 5. The van der Waals surface area contributed by atoms with Gasteiger partial charge in [0.25, 0.3) is 0 Å². The van der Waals surface area contributed by atoms with Gasteiger partial charge in [-0.2, -0.15) is 0 Å². The minimum absolute atomic E-state index is 0.204. The molecule has 0 amide bonds. The van der Waals surface area contributed by atoms with Gasteiger partial charge in [0.1, 0.15) is 4.90 Å². The first-order valence-corrected chi connectivity index (χ1v) is 6.66. The minimum atomic E-state index is -9.49. The van der Waals surface area contributed by atoms with Crippen LogP contribution >= 0.6 is 10.2 Å². The van der Waals surface area contributed by atoms with Gasteiger partial charge in [0.05, 0.1) is 0 Å². The van der Waals surface area contributed by atoms with Crippen molar-refractivity contribution in [1.29, 1.82) is 0 Å². The molecule has 0 fully saturated rings. The Labute approximate surface area is 92.2 Å². The largest absolute Gasteiger partial charge is 0.310 e. The summed E-state index contributed by atoms with van der Waals surface area (Å²) < 4.78 is 61.3. The lowest BCUT2D eigenvalue weighted by molar-refractivity contribution is 0.364. The standard InChI is InChI=1S/C8H9F5S.C2H6/c1-6-3-4-8(5-7(6)2)14(9,10,11,12)13;1-2/h3-5H,1-2H3;1-2H3. The second kappa shape index (κ2) is 3.61. The van der Waals surface area contributed by atoms with E-state index in [1.54, 1.807) is 6.92 Å². The molecule has 6 heteroatoms. The molecule has 0 aliphatic carbocycles. The minimum Gasteiger partial charge on any atom is -0.0936 e. The fraction of sp³-hybridized carbons (Fsp3) is 0.400. The van der Waals surface area contributed by atoms with Crippen LogP contribution in [-0.2, 0) is 0 Å². The van der Waals surface area contributed by atoms with E-state index in [1.165, 1.54) is 6.92 Å². The average Bonchev–Trinajstić information content (AvgIpc) is 2.09. The van der Waals surface area contributed by atoms with Crippen LogP contribution in [-0.4, -0.2) is 0 Å². The van der Waals surface area contributed by atoms with E-state index in [1.807, 2.05) is 13.8 Å². The number of benzene rings is 1. The summed E-state index contributed by atoms with van der Waals surface area (Å²) in [7, 11) is -9.49. The van der Waals surface area contributed by atoms with Gasteiger partial charge in [0, 0.05) is 0 Å². The Balaban J connectivity index is 0.00000106.